The molecule has 0 bridgehead atoms. The van der Waals surface area contributed by atoms with Gasteiger partial charge < -0.3 is 10.4 Å². The van der Waals surface area contributed by atoms with Gasteiger partial charge in [-0.1, -0.05) is 93.6 Å². The number of benzene rings is 2. The van der Waals surface area contributed by atoms with E-state index < -0.39 is 6.10 Å². The number of unbranched alkanes of at least 4 members (excludes halogenated alkanes) is 5. The fraction of sp³-hybridized carbons (Fsp3) is 0.500. The fourth-order valence-corrected chi connectivity index (χ4v) is 3.57. The number of Topliss-reactive ketones (excluding diaryl/α,β-unsaturated/α-hetero) is 1. The van der Waals surface area contributed by atoms with Gasteiger partial charge in [-0.2, -0.15) is 0 Å². The topological polar surface area (TPSA) is 49.3 Å². The van der Waals surface area contributed by atoms with Gasteiger partial charge in [0, 0.05) is 24.6 Å². The fourth-order valence-electron chi connectivity index (χ4n) is 3.57. The van der Waals surface area contributed by atoms with Gasteiger partial charge in [-0.05, 0) is 30.9 Å². The van der Waals surface area contributed by atoms with Crippen molar-refractivity contribution in [2.75, 3.05) is 6.54 Å². The van der Waals surface area contributed by atoms with Gasteiger partial charge in [0.1, 0.15) is 0 Å². The highest BCUT2D eigenvalue weighted by molar-refractivity contribution is 5.96. The minimum Gasteiger partial charge on any atom is -0.387 e. The van der Waals surface area contributed by atoms with Crippen molar-refractivity contribution in [1.29, 1.82) is 0 Å². The summed E-state index contributed by atoms with van der Waals surface area (Å²) in [6, 6.07) is 17.6. The van der Waals surface area contributed by atoms with Crippen LogP contribution in [0.4, 0.5) is 0 Å². The van der Waals surface area contributed by atoms with Crippen molar-refractivity contribution in [3.63, 3.8) is 0 Å². The highest BCUT2D eigenvalue weighted by Gasteiger charge is 2.16. The summed E-state index contributed by atoms with van der Waals surface area (Å²) in [6.45, 7) is 4.75. The van der Waals surface area contributed by atoms with Gasteiger partial charge in [0.25, 0.3) is 0 Å². The number of carbonyl (C=O) groups is 1. The number of aryl methyl sites for hydroxylation is 1. The van der Waals surface area contributed by atoms with Crippen LogP contribution in [-0.2, 0) is 6.42 Å². The lowest BCUT2D eigenvalue weighted by atomic mass is 10.0. The lowest BCUT2D eigenvalue weighted by Gasteiger charge is -2.20. The normalized spacial score (nSPS) is 13.2. The predicted molar refractivity (Wildman–Crippen MR) is 121 cm³/mol. The maximum atomic E-state index is 12.4. The van der Waals surface area contributed by atoms with Gasteiger partial charge in [0.2, 0.25) is 0 Å². The maximum Gasteiger partial charge on any atom is 0.164 e. The van der Waals surface area contributed by atoms with Crippen LogP contribution < -0.4 is 5.32 Å². The molecule has 2 unspecified atom stereocenters. The molecule has 29 heavy (non-hydrogen) atoms. The number of carbonyl (C=O) groups excluding carboxylic acids is 1. The van der Waals surface area contributed by atoms with E-state index in [1.54, 1.807) is 0 Å². The molecule has 2 rings (SSSR count). The minimum absolute atomic E-state index is 0.107. The summed E-state index contributed by atoms with van der Waals surface area (Å²) in [7, 11) is 0. The molecule has 0 saturated heterocycles. The number of aliphatic hydroxyl groups excluding tert-OH is 1. The minimum atomic E-state index is -0.576. The first-order valence-corrected chi connectivity index (χ1v) is 11.2. The Balaban J connectivity index is 1.68. The summed E-state index contributed by atoms with van der Waals surface area (Å²) in [5, 5.41) is 13.7. The first-order chi connectivity index (χ1) is 14.1. The van der Waals surface area contributed by atoms with Gasteiger partial charge in [0.15, 0.2) is 5.78 Å². The number of rotatable bonds is 14. The highest BCUT2D eigenvalue weighted by Crippen LogP contribution is 2.16. The monoisotopic (exact) mass is 395 g/mol. The molecular formula is C26H37NO2. The Hall–Kier alpha value is -1.97. The van der Waals surface area contributed by atoms with Gasteiger partial charge >= 0.3 is 0 Å². The maximum absolute atomic E-state index is 12.4. The third kappa shape index (κ3) is 8.51. The third-order valence-corrected chi connectivity index (χ3v) is 5.53. The van der Waals surface area contributed by atoms with E-state index in [0.717, 1.165) is 17.5 Å². The lowest BCUT2D eigenvalue weighted by molar-refractivity contribution is 0.0972. The highest BCUT2D eigenvalue weighted by atomic mass is 16.3. The molecule has 0 aliphatic rings. The van der Waals surface area contributed by atoms with Gasteiger partial charge in [-0.15, -0.1) is 0 Å². The Morgan fingerprint density at radius 2 is 1.59 bits per heavy atom. The molecule has 2 atom stereocenters. The second-order valence-electron chi connectivity index (χ2n) is 7.99. The van der Waals surface area contributed by atoms with E-state index in [9.17, 15) is 9.90 Å². The third-order valence-electron chi connectivity index (χ3n) is 5.53. The number of hydrogen-bond donors (Lipinski definition) is 2. The second kappa shape index (κ2) is 13.3. The molecule has 0 radical (unpaired) electrons. The van der Waals surface area contributed by atoms with Crippen LogP contribution in [0.25, 0.3) is 0 Å². The molecule has 0 aliphatic carbocycles. The summed E-state index contributed by atoms with van der Waals surface area (Å²) in [5.41, 5.74) is 2.98. The van der Waals surface area contributed by atoms with Crippen molar-refractivity contribution in [2.45, 2.75) is 77.4 Å². The Kier molecular flexibility index (Phi) is 10.7. The average molecular weight is 396 g/mol. The van der Waals surface area contributed by atoms with Crippen LogP contribution in [0.1, 0.15) is 86.4 Å². The van der Waals surface area contributed by atoms with Crippen LogP contribution in [0.5, 0.6) is 0 Å². The number of nitrogens with one attached hydrogen (secondary N) is 1. The summed E-state index contributed by atoms with van der Waals surface area (Å²) < 4.78 is 0. The number of aliphatic hydroxyl groups is 1. The molecule has 0 fully saturated rings. The second-order valence-corrected chi connectivity index (χ2v) is 7.99. The van der Waals surface area contributed by atoms with Crippen molar-refractivity contribution >= 4 is 5.78 Å². The number of ketones is 1. The zero-order valence-corrected chi connectivity index (χ0v) is 18.1. The molecule has 2 aromatic rings. The standard InChI is InChI=1S/C26H37NO2/c1-3-4-5-6-7-9-12-22-15-17-23(18-16-22)25(28)19-20-27-21(2)26(29)24-13-10-8-11-14-24/h8,10-11,13-18,21,26-27,29H,3-7,9,12,19-20H2,1-2H3. The molecule has 0 amide bonds. The van der Waals surface area contributed by atoms with E-state index in [2.05, 4.69) is 24.4 Å². The quantitative estimate of drug-likeness (QED) is 0.310. The lowest BCUT2D eigenvalue weighted by Crippen LogP contribution is -2.33. The summed E-state index contributed by atoms with van der Waals surface area (Å²) in [6.07, 6.45) is 8.77. The van der Waals surface area contributed by atoms with Crippen LogP contribution in [-0.4, -0.2) is 23.5 Å². The summed E-state index contributed by atoms with van der Waals surface area (Å²) >= 11 is 0. The molecular weight excluding hydrogens is 358 g/mol. The van der Waals surface area contributed by atoms with Gasteiger partial charge in [0.05, 0.1) is 6.10 Å². The van der Waals surface area contributed by atoms with E-state index >= 15 is 0 Å². The molecule has 0 aliphatic heterocycles. The van der Waals surface area contributed by atoms with E-state index in [-0.39, 0.29) is 11.8 Å². The molecule has 2 aromatic carbocycles. The van der Waals surface area contributed by atoms with Crippen LogP contribution in [0.2, 0.25) is 0 Å². The van der Waals surface area contributed by atoms with Crippen molar-refractivity contribution in [2.24, 2.45) is 0 Å². The van der Waals surface area contributed by atoms with Crippen LogP contribution in [0.3, 0.4) is 0 Å². The van der Waals surface area contributed by atoms with Gasteiger partial charge in [-0.3, -0.25) is 4.79 Å². The molecule has 0 spiro atoms. The SMILES string of the molecule is CCCCCCCCc1ccc(C(=O)CCNC(C)C(O)c2ccccc2)cc1. The largest absolute Gasteiger partial charge is 0.387 e. The van der Waals surface area contributed by atoms with Gasteiger partial charge in [-0.25, -0.2) is 0 Å². The molecule has 0 heterocycles. The Morgan fingerprint density at radius 1 is 0.931 bits per heavy atom. The molecule has 158 valence electrons. The Morgan fingerprint density at radius 3 is 2.28 bits per heavy atom. The summed E-state index contributed by atoms with van der Waals surface area (Å²) in [5.74, 6) is 0.144. The zero-order valence-electron chi connectivity index (χ0n) is 18.1. The van der Waals surface area contributed by atoms with E-state index in [1.807, 2.05) is 49.4 Å². The van der Waals surface area contributed by atoms with Crippen molar-refractivity contribution in [3.8, 4) is 0 Å². The van der Waals surface area contributed by atoms with E-state index in [1.165, 1.54) is 44.1 Å². The van der Waals surface area contributed by atoms with Crippen LogP contribution >= 0.6 is 0 Å². The molecule has 3 heteroatoms. The summed E-state index contributed by atoms with van der Waals surface area (Å²) in [4.78, 5) is 12.4. The molecule has 0 saturated carbocycles. The molecule has 0 aromatic heterocycles. The predicted octanol–water partition coefficient (Wildman–Crippen LogP) is 5.87. The zero-order chi connectivity index (χ0) is 20.9. The average Bonchev–Trinajstić information content (AvgIpc) is 2.76. The first-order valence-electron chi connectivity index (χ1n) is 11.2. The van der Waals surface area contributed by atoms with Crippen molar-refractivity contribution in [3.05, 3.63) is 71.3 Å². The molecule has 3 nitrogen and oxygen atoms in total. The van der Waals surface area contributed by atoms with Crippen LogP contribution in [0.15, 0.2) is 54.6 Å². The molecule has 2 N–H and O–H groups in total. The number of hydrogen-bond acceptors (Lipinski definition) is 3. The van der Waals surface area contributed by atoms with Crippen molar-refractivity contribution < 1.29 is 9.90 Å². The van der Waals surface area contributed by atoms with E-state index in [4.69, 9.17) is 0 Å². The Labute approximate surface area is 176 Å². The smallest absolute Gasteiger partial charge is 0.164 e. The first kappa shape index (κ1) is 23.3. The van der Waals surface area contributed by atoms with E-state index in [0.29, 0.717) is 13.0 Å². The van der Waals surface area contributed by atoms with Crippen LogP contribution in [0, 0.1) is 0 Å². The Bertz CT molecular complexity index is 696. The van der Waals surface area contributed by atoms with Crippen molar-refractivity contribution in [1.82, 2.24) is 5.32 Å².